The van der Waals surface area contributed by atoms with Crippen LogP contribution in [0.3, 0.4) is 0 Å². The molecule has 3 N–H and O–H groups in total. The summed E-state index contributed by atoms with van der Waals surface area (Å²) in [7, 11) is 0. The van der Waals surface area contributed by atoms with E-state index in [9.17, 15) is 9.90 Å². The summed E-state index contributed by atoms with van der Waals surface area (Å²) >= 11 is 0. The first-order chi connectivity index (χ1) is 10.2. The normalized spacial score (nSPS) is 25.6. The second-order valence-electron chi connectivity index (χ2n) is 6.51. The molecule has 1 spiro atoms. The van der Waals surface area contributed by atoms with Crippen LogP contribution < -0.4 is 5.73 Å². The Balaban J connectivity index is 1.75. The molecule has 0 bridgehead atoms. The Bertz CT molecular complexity index is 396. The lowest BCUT2D eigenvalue weighted by atomic mass is 9.53. The predicted molar refractivity (Wildman–Crippen MR) is 77.4 cm³/mol. The molecule has 0 atom stereocenters. The third-order valence-corrected chi connectivity index (χ3v) is 4.69. The number of unbranched alkanes of at least 4 members (excludes halogenated alkanes) is 1. The van der Waals surface area contributed by atoms with Crippen molar-refractivity contribution in [3.8, 4) is 0 Å². The highest BCUT2D eigenvalue weighted by Crippen LogP contribution is 2.54. The molecular formula is C15H28N2O3. The van der Waals surface area contributed by atoms with Gasteiger partial charge in [-0.2, -0.15) is 0 Å². The van der Waals surface area contributed by atoms with Crippen LogP contribution in [-0.4, -0.2) is 47.9 Å². The van der Waals surface area contributed by atoms with Crippen LogP contribution >= 0.6 is 0 Å². The maximum absolute atomic E-state index is 11.9. The van der Waals surface area contributed by atoms with Gasteiger partial charge in [0.15, 0.2) is 0 Å². The number of ether oxygens (including phenoxy) is 1. The summed E-state index contributed by atoms with van der Waals surface area (Å²) in [6, 6.07) is 0. The van der Waals surface area contributed by atoms with E-state index in [2.05, 4.69) is 6.92 Å². The van der Waals surface area contributed by atoms with Gasteiger partial charge >= 0.3 is 6.09 Å². The van der Waals surface area contributed by atoms with Crippen LogP contribution in [0.25, 0.3) is 0 Å². The van der Waals surface area contributed by atoms with E-state index in [0.717, 1.165) is 38.5 Å². The number of carbonyl (C=O) groups is 1. The van der Waals surface area contributed by atoms with Crippen molar-refractivity contribution in [2.75, 3.05) is 26.3 Å². The molecule has 0 aromatic rings. The maximum Gasteiger partial charge on any atom is 0.409 e. The first-order valence-corrected chi connectivity index (χ1v) is 7.60. The molecule has 1 heterocycles. The van der Waals surface area contributed by atoms with Gasteiger partial charge in [-0.1, -0.05) is 13.3 Å². The zero-order valence-corrected chi connectivity index (χ0v) is 12.4. The Labute approximate surface area is 124 Å². The van der Waals surface area contributed by atoms with Crippen molar-refractivity contribution in [3.05, 3.63) is 0 Å². The highest BCUT2D eigenvalue weighted by Gasteiger charge is 2.52. The molecule has 2 rings (SSSR count). The van der Waals surface area contributed by atoms with Crippen molar-refractivity contribution in [3.63, 3.8) is 0 Å². The Morgan fingerprint density at radius 3 is 2.65 bits per heavy atom. The lowest BCUT2D eigenvalue weighted by Crippen LogP contribution is -2.61. The molecule has 1 amide bonds. The summed E-state index contributed by atoms with van der Waals surface area (Å²) in [5.41, 5.74) is 5.67. The first-order valence-electron chi connectivity index (χ1n) is 8.60. The summed E-state index contributed by atoms with van der Waals surface area (Å²) in [5, 5.41) is 9.31. The van der Waals surface area contributed by atoms with Gasteiger partial charge in [-0.3, -0.25) is 0 Å². The van der Waals surface area contributed by atoms with E-state index in [1.54, 1.807) is 4.90 Å². The Hall–Kier alpha value is -0.810. The predicted octanol–water partition coefficient (Wildman–Crippen LogP) is 1.88. The fraction of sp³-hybridized carbons (Fsp3) is 0.933. The molecule has 2 aliphatic rings. The summed E-state index contributed by atoms with van der Waals surface area (Å²) in [4.78, 5) is 13.7. The number of nitrogens with zero attached hydrogens (tertiary/aromatic N) is 1. The average molecular weight is 286 g/mol. The summed E-state index contributed by atoms with van der Waals surface area (Å²) < 4.78 is 19.8. The third-order valence-electron chi connectivity index (χ3n) is 4.69. The average Bonchev–Trinajstić information content (AvgIpc) is 2.35. The first kappa shape index (κ1) is 12.9. The lowest BCUT2D eigenvalue weighted by Gasteiger charge is -2.57. The standard InChI is InChI=1S/C15H28N2O3/c1-2-3-10-20-13(19)17-7-4-14(5-8-17)11-15(16,12-14)6-9-18/h18H,2-12,16H2,1H3/i9D2. The Kier molecular flexibility index (Phi) is 4.07. The van der Waals surface area contributed by atoms with E-state index < -0.39 is 12.1 Å². The van der Waals surface area contributed by atoms with Crippen LogP contribution in [0.15, 0.2) is 0 Å². The number of piperidine rings is 1. The molecule has 5 heteroatoms. The second-order valence-corrected chi connectivity index (χ2v) is 6.51. The van der Waals surface area contributed by atoms with Crippen LogP contribution in [0.5, 0.6) is 0 Å². The van der Waals surface area contributed by atoms with Crippen molar-refractivity contribution < 1.29 is 17.4 Å². The quantitative estimate of drug-likeness (QED) is 0.757. The number of hydrogen-bond acceptors (Lipinski definition) is 4. The Morgan fingerprint density at radius 1 is 1.45 bits per heavy atom. The smallest absolute Gasteiger partial charge is 0.409 e. The van der Waals surface area contributed by atoms with Crippen molar-refractivity contribution in [1.82, 2.24) is 4.90 Å². The number of rotatable bonds is 5. The van der Waals surface area contributed by atoms with Crippen molar-refractivity contribution >= 4 is 6.09 Å². The molecule has 0 aromatic carbocycles. The van der Waals surface area contributed by atoms with Gasteiger partial charge in [-0.15, -0.1) is 0 Å². The molecule has 1 aliphatic carbocycles. The zero-order chi connectivity index (χ0) is 16.4. The van der Waals surface area contributed by atoms with Gasteiger partial charge in [0.25, 0.3) is 0 Å². The minimum absolute atomic E-state index is 0.0233. The van der Waals surface area contributed by atoms with Crippen molar-refractivity contribution in [1.29, 1.82) is 0 Å². The minimum Gasteiger partial charge on any atom is -0.449 e. The van der Waals surface area contributed by atoms with Gasteiger partial charge in [-0.25, -0.2) is 4.79 Å². The lowest BCUT2D eigenvalue weighted by molar-refractivity contribution is -0.0373. The molecule has 1 saturated carbocycles. The van der Waals surface area contributed by atoms with E-state index in [4.69, 9.17) is 13.2 Å². The molecule has 0 radical (unpaired) electrons. The van der Waals surface area contributed by atoms with Gasteiger partial charge in [0.1, 0.15) is 0 Å². The van der Waals surface area contributed by atoms with Crippen molar-refractivity contribution in [2.24, 2.45) is 11.1 Å². The monoisotopic (exact) mass is 286 g/mol. The van der Waals surface area contributed by atoms with Crippen LogP contribution in [-0.2, 0) is 4.74 Å². The molecule has 1 aliphatic heterocycles. The molecule has 2 fully saturated rings. The fourth-order valence-corrected chi connectivity index (χ4v) is 3.64. The van der Waals surface area contributed by atoms with Gasteiger partial charge in [0.05, 0.1) is 9.35 Å². The highest BCUT2D eigenvalue weighted by molar-refractivity contribution is 5.67. The SMILES string of the molecule is [2H]C([2H])(O)CC1(N)CC2(CCN(C(=O)OCCCC)CC2)C1. The molecule has 0 unspecified atom stereocenters. The molecule has 20 heavy (non-hydrogen) atoms. The fourth-order valence-electron chi connectivity index (χ4n) is 3.64. The van der Waals surface area contributed by atoms with E-state index >= 15 is 0 Å². The van der Waals surface area contributed by atoms with E-state index in [-0.39, 0.29) is 17.9 Å². The number of hydrogen-bond donors (Lipinski definition) is 2. The van der Waals surface area contributed by atoms with Crippen LogP contribution in [0.1, 0.15) is 54.6 Å². The van der Waals surface area contributed by atoms with Crippen LogP contribution in [0.4, 0.5) is 4.79 Å². The number of amides is 1. The molecule has 5 nitrogen and oxygen atoms in total. The maximum atomic E-state index is 11.9. The van der Waals surface area contributed by atoms with E-state index in [0.29, 0.717) is 19.7 Å². The number of likely N-dealkylation sites (tertiary alicyclic amines) is 1. The highest BCUT2D eigenvalue weighted by atomic mass is 16.6. The van der Waals surface area contributed by atoms with Crippen molar-refractivity contribution in [2.45, 2.75) is 57.4 Å². The second kappa shape index (κ2) is 6.31. The van der Waals surface area contributed by atoms with Gasteiger partial charge in [0, 0.05) is 25.2 Å². The molecule has 116 valence electrons. The summed E-state index contributed by atoms with van der Waals surface area (Å²) in [5.74, 6) is 0. The molecule has 1 saturated heterocycles. The topological polar surface area (TPSA) is 75.8 Å². The Morgan fingerprint density at radius 2 is 2.10 bits per heavy atom. The minimum atomic E-state index is -2.21. The van der Waals surface area contributed by atoms with Gasteiger partial charge in [0.2, 0.25) is 0 Å². The van der Waals surface area contributed by atoms with Gasteiger partial charge in [-0.05, 0) is 43.9 Å². The summed E-state index contributed by atoms with van der Waals surface area (Å²) in [6.45, 7) is 1.68. The van der Waals surface area contributed by atoms with Gasteiger partial charge < -0.3 is 20.5 Å². The van der Waals surface area contributed by atoms with Crippen LogP contribution in [0, 0.1) is 5.41 Å². The number of aliphatic hydroxyl groups is 1. The summed E-state index contributed by atoms with van der Waals surface area (Å²) in [6.07, 6.45) is 4.85. The number of nitrogens with two attached hydrogens (primary N) is 1. The largest absolute Gasteiger partial charge is 0.449 e. The number of carbonyl (C=O) groups excluding carboxylic acids is 1. The van der Waals surface area contributed by atoms with E-state index in [1.165, 1.54) is 0 Å². The third kappa shape index (κ3) is 3.44. The van der Waals surface area contributed by atoms with Crippen LogP contribution in [0.2, 0.25) is 0 Å². The molecular weight excluding hydrogens is 256 g/mol. The zero-order valence-electron chi connectivity index (χ0n) is 14.4. The van der Waals surface area contributed by atoms with E-state index in [1.807, 2.05) is 0 Å². The molecule has 0 aromatic heterocycles.